The lowest BCUT2D eigenvalue weighted by Crippen LogP contribution is -2.51. The van der Waals surface area contributed by atoms with Crippen molar-refractivity contribution in [1.29, 1.82) is 0 Å². The van der Waals surface area contributed by atoms with Crippen molar-refractivity contribution in [2.75, 3.05) is 33.2 Å². The molecule has 0 aromatic carbocycles. The number of aliphatic carboxylic acids is 1. The molecule has 0 saturated carbocycles. The molecule has 1 heterocycles. The molecule has 0 radical (unpaired) electrons. The van der Waals surface area contributed by atoms with Crippen LogP contribution in [-0.4, -0.2) is 60.1 Å². The average Bonchev–Trinajstić information content (AvgIpc) is 2.28. The molecule has 1 aliphatic rings. The van der Waals surface area contributed by atoms with Crippen LogP contribution in [0.4, 0.5) is 0 Å². The van der Waals surface area contributed by atoms with Crippen molar-refractivity contribution in [1.82, 2.24) is 9.80 Å². The van der Waals surface area contributed by atoms with E-state index in [2.05, 4.69) is 23.8 Å². The first-order chi connectivity index (χ1) is 7.86. The van der Waals surface area contributed by atoms with Gasteiger partial charge in [-0.25, -0.2) is 0 Å². The minimum atomic E-state index is -0.696. The molecule has 1 saturated heterocycles. The standard InChI is InChI=1S/C13H26N2O2/c1-5-11-10-15(9-8-14(11)4)7-6-13(2,3)12(16)17/h11H,5-10H2,1-4H3,(H,16,17). The van der Waals surface area contributed by atoms with Crippen LogP contribution < -0.4 is 0 Å². The Bertz CT molecular complexity index is 266. The maximum absolute atomic E-state index is 11.0. The van der Waals surface area contributed by atoms with Crippen LogP contribution in [0.15, 0.2) is 0 Å². The lowest BCUT2D eigenvalue weighted by Gasteiger charge is -2.39. The molecule has 0 amide bonds. The van der Waals surface area contributed by atoms with Crippen LogP contribution in [0.2, 0.25) is 0 Å². The zero-order valence-electron chi connectivity index (χ0n) is 11.6. The molecule has 1 atom stereocenters. The van der Waals surface area contributed by atoms with Gasteiger partial charge in [0.25, 0.3) is 0 Å². The number of piperazine rings is 1. The van der Waals surface area contributed by atoms with Crippen LogP contribution >= 0.6 is 0 Å². The third-order valence-electron chi connectivity index (χ3n) is 3.96. The Labute approximate surface area is 105 Å². The fraction of sp³-hybridized carbons (Fsp3) is 0.923. The fourth-order valence-corrected chi connectivity index (χ4v) is 2.20. The van der Waals surface area contributed by atoms with Gasteiger partial charge in [-0.15, -0.1) is 0 Å². The van der Waals surface area contributed by atoms with E-state index in [-0.39, 0.29) is 0 Å². The van der Waals surface area contributed by atoms with E-state index in [0.717, 1.165) is 39.0 Å². The largest absolute Gasteiger partial charge is 0.481 e. The van der Waals surface area contributed by atoms with Crippen LogP contribution in [-0.2, 0) is 4.79 Å². The number of likely N-dealkylation sites (N-methyl/N-ethyl adjacent to an activating group) is 1. The molecule has 0 aromatic rings. The quantitative estimate of drug-likeness (QED) is 0.794. The minimum Gasteiger partial charge on any atom is -0.481 e. The normalized spacial score (nSPS) is 23.9. The van der Waals surface area contributed by atoms with Crippen molar-refractivity contribution in [3.05, 3.63) is 0 Å². The third-order valence-corrected chi connectivity index (χ3v) is 3.96. The second-order valence-electron chi connectivity index (χ2n) is 5.78. The third kappa shape index (κ3) is 3.96. The van der Waals surface area contributed by atoms with Crippen LogP contribution in [0.3, 0.4) is 0 Å². The molecule has 100 valence electrons. The van der Waals surface area contributed by atoms with Gasteiger partial charge in [-0.05, 0) is 40.3 Å². The van der Waals surface area contributed by atoms with Gasteiger partial charge in [0.15, 0.2) is 0 Å². The highest BCUT2D eigenvalue weighted by atomic mass is 16.4. The molecule has 1 unspecified atom stereocenters. The molecule has 0 bridgehead atoms. The second kappa shape index (κ2) is 5.83. The van der Waals surface area contributed by atoms with Crippen molar-refractivity contribution < 1.29 is 9.90 Å². The summed E-state index contributed by atoms with van der Waals surface area (Å²) in [6.07, 6.45) is 1.89. The van der Waals surface area contributed by atoms with Crippen LogP contribution in [0, 0.1) is 5.41 Å². The molecule has 0 spiro atoms. The zero-order valence-corrected chi connectivity index (χ0v) is 11.6. The number of hydrogen-bond donors (Lipinski definition) is 1. The van der Waals surface area contributed by atoms with E-state index < -0.39 is 11.4 Å². The second-order valence-corrected chi connectivity index (χ2v) is 5.78. The lowest BCUT2D eigenvalue weighted by molar-refractivity contribution is -0.147. The minimum absolute atomic E-state index is 0.606. The highest BCUT2D eigenvalue weighted by Gasteiger charge is 2.29. The average molecular weight is 242 g/mol. The monoisotopic (exact) mass is 242 g/mol. The Hall–Kier alpha value is -0.610. The SMILES string of the molecule is CCC1CN(CCC(C)(C)C(=O)O)CCN1C. The van der Waals surface area contributed by atoms with E-state index in [1.165, 1.54) is 0 Å². The Balaban J connectivity index is 2.41. The number of hydrogen-bond acceptors (Lipinski definition) is 3. The number of nitrogens with zero attached hydrogens (tertiary/aromatic N) is 2. The Morgan fingerprint density at radius 3 is 2.59 bits per heavy atom. The van der Waals surface area contributed by atoms with Gasteiger partial charge in [0.05, 0.1) is 5.41 Å². The molecular formula is C13H26N2O2. The number of carboxylic acids is 1. The molecule has 0 aliphatic carbocycles. The van der Waals surface area contributed by atoms with Gasteiger partial charge in [0.1, 0.15) is 0 Å². The highest BCUT2D eigenvalue weighted by molar-refractivity contribution is 5.73. The van der Waals surface area contributed by atoms with Crippen LogP contribution in [0.5, 0.6) is 0 Å². The van der Waals surface area contributed by atoms with Crippen molar-refractivity contribution >= 4 is 5.97 Å². The summed E-state index contributed by atoms with van der Waals surface area (Å²) in [5, 5.41) is 9.08. The predicted molar refractivity (Wildman–Crippen MR) is 69.2 cm³/mol. The van der Waals surface area contributed by atoms with Gasteiger partial charge < -0.3 is 14.9 Å². The highest BCUT2D eigenvalue weighted by Crippen LogP contribution is 2.22. The van der Waals surface area contributed by atoms with E-state index in [0.29, 0.717) is 6.04 Å². The summed E-state index contributed by atoms with van der Waals surface area (Å²) in [7, 11) is 2.17. The van der Waals surface area contributed by atoms with E-state index in [1.54, 1.807) is 0 Å². The topological polar surface area (TPSA) is 43.8 Å². The van der Waals surface area contributed by atoms with Gasteiger partial charge in [-0.2, -0.15) is 0 Å². The first-order valence-electron chi connectivity index (χ1n) is 6.53. The fourth-order valence-electron chi connectivity index (χ4n) is 2.20. The summed E-state index contributed by atoms with van der Waals surface area (Å²) in [5.74, 6) is -0.696. The molecule has 4 heteroatoms. The van der Waals surface area contributed by atoms with E-state index in [4.69, 9.17) is 5.11 Å². The molecule has 4 nitrogen and oxygen atoms in total. The molecular weight excluding hydrogens is 216 g/mol. The summed E-state index contributed by atoms with van der Waals surface area (Å²) in [6.45, 7) is 9.94. The van der Waals surface area contributed by atoms with Gasteiger partial charge in [0.2, 0.25) is 0 Å². The van der Waals surface area contributed by atoms with Crippen molar-refractivity contribution in [2.45, 2.75) is 39.7 Å². The Morgan fingerprint density at radius 2 is 2.06 bits per heavy atom. The summed E-state index contributed by atoms with van der Waals surface area (Å²) < 4.78 is 0. The lowest BCUT2D eigenvalue weighted by atomic mass is 9.89. The first kappa shape index (κ1) is 14.5. The summed E-state index contributed by atoms with van der Waals surface area (Å²) in [6, 6.07) is 0.622. The smallest absolute Gasteiger partial charge is 0.309 e. The van der Waals surface area contributed by atoms with E-state index in [9.17, 15) is 4.79 Å². The first-order valence-corrected chi connectivity index (χ1v) is 6.53. The molecule has 1 N–H and O–H groups in total. The number of rotatable bonds is 5. The van der Waals surface area contributed by atoms with Crippen LogP contribution in [0.1, 0.15) is 33.6 Å². The summed E-state index contributed by atoms with van der Waals surface area (Å²) >= 11 is 0. The molecule has 0 aromatic heterocycles. The molecule has 1 rings (SSSR count). The molecule has 1 aliphatic heterocycles. The van der Waals surface area contributed by atoms with Gasteiger partial charge in [-0.3, -0.25) is 4.79 Å². The van der Waals surface area contributed by atoms with Crippen LogP contribution in [0.25, 0.3) is 0 Å². The van der Waals surface area contributed by atoms with Gasteiger partial charge in [0, 0.05) is 25.7 Å². The van der Waals surface area contributed by atoms with Gasteiger partial charge >= 0.3 is 5.97 Å². The van der Waals surface area contributed by atoms with Gasteiger partial charge in [-0.1, -0.05) is 6.92 Å². The number of carboxylic acid groups (broad SMARTS) is 1. The van der Waals surface area contributed by atoms with E-state index >= 15 is 0 Å². The van der Waals surface area contributed by atoms with Crippen molar-refractivity contribution in [2.24, 2.45) is 5.41 Å². The van der Waals surface area contributed by atoms with Crippen molar-refractivity contribution in [3.63, 3.8) is 0 Å². The Morgan fingerprint density at radius 1 is 1.41 bits per heavy atom. The molecule has 1 fully saturated rings. The Kier molecular flexibility index (Phi) is 4.95. The summed E-state index contributed by atoms with van der Waals surface area (Å²) in [4.78, 5) is 15.8. The van der Waals surface area contributed by atoms with E-state index in [1.807, 2.05) is 13.8 Å². The predicted octanol–water partition coefficient (Wildman–Crippen LogP) is 1.51. The maximum atomic E-state index is 11.0. The maximum Gasteiger partial charge on any atom is 0.309 e. The summed E-state index contributed by atoms with van der Waals surface area (Å²) in [5.41, 5.74) is -0.606. The number of carbonyl (C=O) groups is 1. The molecule has 17 heavy (non-hydrogen) atoms. The van der Waals surface area contributed by atoms with Crippen molar-refractivity contribution in [3.8, 4) is 0 Å². The zero-order chi connectivity index (χ0) is 13.1.